The first kappa shape index (κ1) is 15.7. The maximum absolute atomic E-state index is 13.0. The fourth-order valence-corrected chi connectivity index (χ4v) is 2.56. The fourth-order valence-electron chi connectivity index (χ4n) is 1.83. The highest BCUT2D eigenvalue weighted by Gasteiger charge is 2.13. The number of carbonyl (C=O) groups is 1. The van der Waals surface area contributed by atoms with Gasteiger partial charge in [-0.25, -0.2) is 9.37 Å². The zero-order valence-electron chi connectivity index (χ0n) is 11.7. The largest absolute Gasteiger partial charge is 0.289 e. The number of hydrogen-bond acceptors (Lipinski definition) is 4. The van der Waals surface area contributed by atoms with Gasteiger partial charge in [0.05, 0.1) is 17.0 Å². The molecule has 0 radical (unpaired) electrons. The molecule has 110 valence electrons. The zero-order chi connectivity index (χ0) is 15.4. The third-order valence-electron chi connectivity index (χ3n) is 2.91. The van der Waals surface area contributed by atoms with E-state index in [4.69, 9.17) is 0 Å². The molecule has 1 aromatic heterocycles. The molecular weight excluding hydrogens is 386 g/mol. The minimum atomic E-state index is -0.382. The molecule has 0 aliphatic carbocycles. The van der Waals surface area contributed by atoms with Crippen LogP contribution in [0, 0.1) is 9.39 Å². The second kappa shape index (κ2) is 6.88. The summed E-state index contributed by atoms with van der Waals surface area (Å²) >= 11 is 1.91. The van der Waals surface area contributed by atoms with Crippen molar-refractivity contribution in [2.24, 2.45) is 0 Å². The average Bonchev–Trinajstić information content (AvgIpc) is 2.46. The Bertz CT molecular complexity index is 678. The normalized spacial score (nSPS) is 10.5. The third kappa shape index (κ3) is 3.72. The van der Waals surface area contributed by atoms with E-state index in [-0.39, 0.29) is 17.7 Å². The summed E-state index contributed by atoms with van der Waals surface area (Å²) in [5.74, 6) is -0.601. The lowest BCUT2D eigenvalue weighted by molar-refractivity contribution is 0.102. The Kier molecular flexibility index (Phi) is 5.16. The van der Waals surface area contributed by atoms with Crippen LogP contribution < -0.4 is 5.32 Å². The summed E-state index contributed by atoms with van der Waals surface area (Å²) in [6.07, 6.45) is 1.46. The molecule has 21 heavy (non-hydrogen) atoms. The average molecular weight is 400 g/mol. The van der Waals surface area contributed by atoms with Crippen LogP contribution in [0.2, 0.25) is 0 Å². The number of aromatic nitrogens is 3. The van der Waals surface area contributed by atoms with E-state index in [1.54, 1.807) is 0 Å². The SMILES string of the molecule is CCc1nnc(NC(=O)c2ccc(F)cc2I)nc1CC. The predicted octanol–water partition coefficient (Wildman–Crippen LogP) is 2.99. The summed E-state index contributed by atoms with van der Waals surface area (Å²) in [7, 11) is 0. The molecule has 0 unspecified atom stereocenters. The second-order valence-electron chi connectivity index (χ2n) is 4.31. The maximum atomic E-state index is 13.0. The number of anilines is 1. The van der Waals surface area contributed by atoms with Gasteiger partial charge >= 0.3 is 0 Å². The summed E-state index contributed by atoms with van der Waals surface area (Å²) in [6, 6.07) is 3.97. The molecule has 7 heteroatoms. The molecule has 0 saturated heterocycles. The third-order valence-corrected chi connectivity index (χ3v) is 3.80. The van der Waals surface area contributed by atoms with Crippen molar-refractivity contribution in [2.75, 3.05) is 5.32 Å². The topological polar surface area (TPSA) is 67.8 Å². The first-order chi connectivity index (χ1) is 10.0. The van der Waals surface area contributed by atoms with Crippen LogP contribution >= 0.6 is 22.6 Å². The molecule has 1 N–H and O–H groups in total. The van der Waals surface area contributed by atoms with Crippen molar-refractivity contribution in [2.45, 2.75) is 26.7 Å². The van der Waals surface area contributed by atoms with Gasteiger partial charge in [0.2, 0.25) is 5.95 Å². The van der Waals surface area contributed by atoms with E-state index in [1.807, 2.05) is 36.4 Å². The standard InChI is InChI=1S/C14H14FIN4O/c1-3-11-12(4-2)19-20-14(17-11)18-13(21)9-6-5-8(15)7-10(9)16/h5-7H,3-4H2,1-2H3,(H,17,18,20,21). The number of rotatable bonds is 4. The highest BCUT2D eigenvalue weighted by molar-refractivity contribution is 14.1. The summed E-state index contributed by atoms with van der Waals surface area (Å²) in [6.45, 7) is 3.95. The smallest absolute Gasteiger partial charge is 0.259 e. The maximum Gasteiger partial charge on any atom is 0.259 e. The van der Waals surface area contributed by atoms with Gasteiger partial charge in [-0.2, -0.15) is 0 Å². The monoisotopic (exact) mass is 400 g/mol. The predicted molar refractivity (Wildman–Crippen MR) is 85.7 cm³/mol. The molecular formula is C14H14FIN4O. The molecule has 5 nitrogen and oxygen atoms in total. The van der Waals surface area contributed by atoms with Crippen LogP contribution in [0.25, 0.3) is 0 Å². The molecule has 1 aromatic carbocycles. The van der Waals surface area contributed by atoms with Gasteiger partial charge in [-0.1, -0.05) is 13.8 Å². The molecule has 0 atom stereocenters. The molecule has 0 spiro atoms. The molecule has 0 bridgehead atoms. The molecule has 2 rings (SSSR count). The van der Waals surface area contributed by atoms with E-state index in [9.17, 15) is 9.18 Å². The number of halogens is 2. The first-order valence-corrected chi connectivity index (χ1v) is 7.61. The van der Waals surface area contributed by atoms with Crippen LogP contribution in [0.1, 0.15) is 35.6 Å². The fraction of sp³-hybridized carbons (Fsp3) is 0.286. The van der Waals surface area contributed by atoms with Crippen LogP contribution in [-0.2, 0) is 12.8 Å². The number of nitrogens with one attached hydrogen (secondary N) is 1. The summed E-state index contributed by atoms with van der Waals surface area (Å²) < 4.78 is 13.6. The highest BCUT2D eigenvalue weighted by atomic mass is 127. The number of carbonyl (C=O) groups excluding carboxylic acids is 1. The Balaban J connectivity index is 2.23. The molecule has 0 aliphatic heterocycles. The zero-order valence-corrected chi connectivity index (χ0v) is 13.8. The van der Waals surface area contributed by atoms with Crippen molar-refractivity contribution in [1.82, 2.24) is 15.2 Å². The van der Waals surface area contributed by atoms with Gasteiger partial charge in [-0.15, -0.1) is 10.2 Å². The quantitative estimate of drug-likeness (QED) is 0.802. The van der Waals surface area contributed by atoms with Crippen molar-refractivity contribution in [1.29, 1.82) is 0 Å². The minimum Gasteiger partial charge on any atom is -0.289 e. The Labute approximate surface area is 135 Å². The molecule has 1 amide bonds. The van der Waals surface area contributed by atoms with Gasteiger partial charge in [-0.05, 0) is 53.6 Å². The lowest BCUT2D eigenvalue weighted by atomic mass is 10.2. The van der Waals surface area contributed by atoms with Gasteiger partial charge in [-0.3, -0.25) is 10.1 Å². The molecule has 0 fully saturated rings. The number of aryl methyl sites for hydroxylation is 2. The van der Waals surface area contributed by atoms with Gasteiger partial charge < -0.3 is 0 Å². The van der Waals surface area contributed by atoms with E-state index in [0.717, 1.165) is 24.2 Å². The first-order valence-electron chi connectivity index (χ1n) is 6.54. The van der Waals surface area contributed by atoms with Gasteiger partial charge in [0.15, 0.2) is 0 Å². The summed E-state index contributed by atoms with van der Waals surface area (Å²) in [5, 5.41) is 10.6. The Morgan fingerprint density at radius 3 is 2.57 bits per heavy atom. The van der Waals surface area contributed by atoms with Crippen molar-refractivity contribution in [3.05, 3.63) is 44.5 Å². The molecule has 2 aromatic rings. The Morgan fingerprint density at radius 2 is 1.95 bits per heavy atom. The number of hydrogen-bond donors (Lipinski definition) is 1. The number of benzene rings is 1. The van der Waals surface area contributed by atoms with Crippen LogP contribution in [0.15, 0.2) is 18.2 Å². The van der Waals surface area contributed by atoms with Crippen molar-refractivity contribution < 1.29 is 9.18 Å². The Hall–Kier alpha value is -1.64. The van der Waals surface area contributed by atoms with Crippen molar-refractivity contribution >= 4 is 34.4 Å². The highest BCUT2D eigenvalue weighted by Crippen LogP contribution is 2.15. The summed E-state index contributed by atoms with van der Waals surface area (Å²) in [5.41, 5.74) is 2.02. The van der Waals surface area contributed by atoms with E-state index in [0.29, 0.717) is 9.13 Å². The Morgan fingerprint density at radius 1 is 1.24 bits per heavy atom. The minimum absolute atomic E-state index is 0.161. The van der Waals surface area contributed by atoms with Crippen LogP contribution in [0.4, 0.5) is 10.3 Å². The van der Waals surface area contributed by atoms with Crippen molar-refractivity contribution in [3.8, 4) is 0 Å². The number of nitrogens with zero attached hydrogens (tertiary/aromatic N) is 3. The van der Waals surface area contributed by atoms with Gasteiger partial charge in [0.25, 0.3) is 5.91 Å². The lowest BCUT2D eigenvalue weighted by Crippen LogP contribution is -2.17. The van der Waals surface area contributed by atoms with Crippen LogP contribution in [0.5, 0.6) is 0 Å². The van der Waals surface area contributed by atoms with E-state index in [2.05, 4.69) is 20.5 Å². The molecule has 0 saturated carbocycles. The molecule has 1 heterocycles. The van der Waals surface area contributed by atoms with Gasteiger partial charge in [0.1, 0.15) is 5.82 Å². The summed E-state index contributed by atoms with van der Waals surface area (Å²) in [4.78, 5) is 16.4. The van der Waals surface area contributed by atoms with Crippen LogP contribution in [-0.4, -0.2) is 21.1 Å². The van der Waals surface area contributed by atoms with E-state index in [1.165, 1.54) is 18.2 Å². The van der Waals surface area contributed by atoms with Gasteiger partial charge in [0, 0.05) is 3.57 Å². The lowest BCUT2D eigenvalue weighted by Gasteiger charge is -2.08. The van der Waals surface area contributed by atoms with E-state index >= 15 is 0 Å². The van der Waals surface area contributed by atoms with Crippen LogP contribution in [0.3, 0.4) is 0 Å². The second-order valence-corrected chi connectivity index (χ2v) is 5.48. The molecule has 0 aliphatic rings. The number of amides is 1. The van der Waals surface area contributed by atoms with Crippen molar-refractivity contribution in [3.63, 3.8) is 0 Å². The van der Waals surface area contributed by atoms with E-state index < -0.39 is 0 Å².